The number of quaternary nitrogens is 2. The first-order valence-electron chi connectivity index (χ1n) is 7.70. The van der Waals surface area contributed by atoms with Crippen molar-refractivity contribution in [3.8, 4) is 0 Å². The number of carboxylic acids is 2. The second-order valence-corrected chi connectivity index (χ2v) is 5.22. The topological polar surface area (TPSA) is 165 Å². The minimum Gasteiger partial charge on any atom is -0.550 e. The minimum absolute atomic E-state index is 0. The molecule has 1 aromatic rings. The number of carbonyl (C=O) groups is 3. The third-order valence-electron chi connectivity index (χ3n) is 3.07. The molecule has 0 saturated heterocycles. The summed E-state index contributed by atoms with van der Waals surface area (Å²) >= 11 is 0. The maximum absolute atomic E-state index is 10.3. The van der Waals surface area contributed by atoms with Crippen molar-refractivity contribution in [3.63, 3.8) is 0 Å². The minimum atomic E-state index is -1.16. The molecule has 26 heavy (non-hydrogen) atoms. The van der Waals surface area contributed by atoms with Crippen molar-refractivity contribution in [2.75, 3.05) is 6.54 Å². The van der Waals surface area contributed by atoms with Gasteiger partial charge in [-0.15, -0.1) is 0 Å². The number of hydrogen-bond acceptors (Lipinski definition) is 5. The van der Waals surface area contributed by atoms with Crippen LogP contribution in [0.1, 0.15) is 31.2 Å². The molecule has 1 radical (unpaired) electrons. The van der Waals surface area contributed by atoms with Crippen LogP contribution in [-0.2, 0) is 48.7 Å². The number of nitrogens with one attached hydrogen (secondary N) is 1. The van der Waals surface area contributed by atoms with E-state index in [2.05, 4.69) is 16.8 Å². The summed E-state index contributed by atoms with van der Waals surface area (Å²) in [7, 11) is 0. The number of carbonyl (C=O) groups excluding carboxylic acids is 3. The van der Waals surface area contributed by atoms with Crippen LogP contribution in [0.15, 0.2) is 30.3 Å². The normalized spacial score (nSPS) is 10.1. The van der Waals surface area contributed by atoms with Crippen molar-refractivity contribution in [2.45, 2.75) is 38.1 Å². The van der Waals surface area contributed by atoms with Crippen molar-refractivity contribution in [3.05, 3.63) is 43.3 Å². The number of hydrogen-bond donors (Lipinski definition) is 3. The Morgan fingerprint density at radius 3 is 2.12 bits per heavy atom. The predicted molar refractivity (Wildman–Crippen MR) is 88.0 cm³/mol. The van der Waals surface area contributed by atoms with Crippen molar-refractivity contribution in [1.82, 2.24) is 5.32 Å². The van der Waals surface area contributed by atoms with Gasteiger partial charge in [0.25, 0.3) is 0 Å². The van der Waals surface area contributed by atoms with Gasteiger partial charge < -0.3 is 38.3 Å². The fourth-order valence-corrected chi connectivity index (χ4v) is 1.78. The van der Waals surface area contributed by atoms with E-state index in [1.54, 1.807) is 0 Å². The molecule has 2 amide bonds. The molecule has 0 saturated carbocycles. The van der Waals surface area contributed by atoms with Crippen LogP contribution in [-0.4, -0.2) is 30.6 Å². The van der Waals surface area contributed by atoms with Crippen LogP contribution in [0.2, 0.25) is 0 Å². The Kier molecular flexibility index (Phi) is 20.9. The molecule has 1 rings (SSSR count). The molecule has 1 unspecified atom stereocenters. The number of aliphatic carboxylic acids is 2. The molecule has 0 spiro atoms. The monoisotopic (exact) mass is 443 g/mol. The first-order chi connectivity index (χ1) is 11.3. The van der Waals surface area contributed by atoms with E-state index < -0.39 is 18.0 Å². The Bertz CT molecular complexity index is 514. The van der Waals surface area contributed by atoms with E-state index in [0.29, 0.717) is 25.8 Å². The van der Waals surface area contributed by atoms with Crippen molar-refractivity contribution >= 4 is 18.0 Å². The summed E-state index contributed by atoms with van der Waals surface area (Å²) in [6.07, 6.45) is 2.60. The molecule has 0 aliphatic heterocycles. The average molecular weight is 443 g/mol. The van der Waals surface area contributed by atoms with E-state index in [1.165, 1.54) is 5.56 Å². The Morgan fingerprint density at radius 2 is 1.65 bits per heavy atom. The van der Waals surface area contributed by atoms with E-state index in [-0.39, 0.29) is 52.6 Å². The van der Waals surface area contributed by atoms with Crippen LogP contribution in [0, 0.1) is 7.43 Å². The largest absolute Gasteiger partial charge is 0.550 e. The van der Waals surface area contributed by atoms with E-state index in [0.717, 1.165) is 6.42 Å². The molecular formula is C17H28N3O5Y-. The van der Waals surface area contributed by atoms with E-state index in [1.807, 2.05) is 30.3 Å². The molecule has 7 N–H and O–H groups in total. The van der Waals surface area contributed by atoms with Crippen molar-refractivity contribution in [1.29, 1.82) is 0 Å². The summed E-state index contributed by atoms with van der Waals surface area (Å²) in [5.74, 6) is -2.12. The fourth-order valence-electron chi connectivity index (χ4n) is 1.78. The number of amides is 2. The predicted octanol–water partition coefficient (Wildman–Crippen LogP) is -2.71. The molecule has 0 aliphatic carbocycles. The van der Waals surface area contributed by atoms with Gasteiger partial charge in [0.1, 0.15) is 6.04 Å². The van der Waals surface area contributed by atoms with Crippen LogP contribution in [0.5, 0.6) is 0 Å². The van der Waals surface area contributed by atoms with Gasteiger partial charge in [-0.05, 0) is 31.2 Å². The zero-order chi connectivity index (χ0) is 18.4. The van der Waals surface area contributed by atoms with Crippen molar-refractivity contribution < 1.29 is 68.8 Å². The molecule has 0 heterocycles. The van der Waals surface area contributed by atoms with Crippen LogP contribution >= 0.6 is 0 Å². The summed E-state index contributed by atoms with van der Waals surface area (Å²) in [5.41, 5.74) is 7.64. The molecule has 0 fully saturated rings. The first-order valence-corrected chi connectivity index (χ1v) is 7.70. The van der Waals surface area contributed by atoms with Gasteiger partial charge in [-0.3, -0.25) is 5.73 Å². The molecule has 9 heteroatoms. The third kappa shape index (κ3) is 19.0. The van der Waals surface area contributed by atoms with Gasteiger partial charge in [0.2, 0.25) is 0 Å². The van der Waals surface area contributed by atoms with E-state index in [9.17, 15) is 24.6 Å². The van der Waals surface area contributed by atoms with Crippen LogP contribution < -0.4 is 27.0 Å². The molecule has 0 aromatic heterocycles. The summed E-state index contributed by atoms with van der Waals surface area (Å²) in [4.78, 5) is 30.5. The Balaban J connectivity index is -0.000000378. The van der Waals surface area contributed by atoms with Gasteiger partial charge in [0.05, 0.1) is 5.97 Å². The van der Waals surface area contributed by atoms with Gasteiger partial charge in [0, 0.05) is 51.6 Å². The molecule has 0 aliphatic rings. The van der Waals surface area contributed by atoms with Crippen LogP contribution in [0.3, 0.4) is 0 Å². The van der Waals surface area contributed by atoms with E-state index >= 15 is 0 Å². The SMILES string of the molecule is O=C([O-])CCCc1ccccc1.[CH3-].[NH3+]C(=O)NCCCC([NH3+])C(=O)[O-].[Y]. The summed E-state index contributed by atoms with van der Waals surface area (Å²) < 4.78 is 0. The second kappa shape index (κ2) is 18.4. The zero-order valence-electron chi connectivity index (χ0n) is 15.2. The molecule has 1 aromatic carbocycles. The van der Waals surface area contributed by atoms with Crippen LogP contribution in [0.4, 0.5) is 4.79 Å². The Morgan fingerprint density at radius 1 is 1.08 bits per heavy atom. The molecule has 1 atom stereocenters. The Hall–Kier alpha value is -1.35. The van der Waals surface area contributed by atoms with Gasteiger partial charge in [-0.1, -0.05) is 30.3 Å². The third-order valence-corrected chi connectivity index (χ3v) is 3.07. The summed E-state index contributed by atoms with van der Waals surface area (Å²) in [6, 6.07) is 8.78. The summed E-state index contributed by atoms with van der Waals surface area (Å²) in [6.45, 7) is 0.432. The summed E-state index contributed by atoms with van der Waals surface area (Å²) in [5, 5.41) is 22.7. The average Bonchev–Trinajstić information content (AvgIpc) is 2.52. The fraction of sp³-hybridized carbons (Fsp3) is 0.412. The quantitative estimate of drug-likeness (QED) is 0.278. The van der Waals surface area contributed by atoms with Gasteiger partial charge >= 0.3 is 6.03 Å². The maximum atomic E-state index is 10.3. The van der Waals surface area contributed by atoms with Gasteiger partial charge in [0.15, 0.2) is 0 Å². The zero-order valence-corrected chi connectivity index (χ0v) is 18.1. The van der Waals surface area contributed by atoms with Gasteiger partial charge in [-0.25, -0.2) is 4.79 Å². The number of aryl methyl sites for hydroxylation is 1. The van der Waals surface area contributed by atoms with Crippen LogP contribution in [0.25, 0.3) is 0 Å². The second-order valence-electron chi connectivity index (χ2n) is 5.22. The standard InChI is InChI=1S/C10H12O2.C6H13N3O3.CH3.Y/c11-10(12)8-4-7-9-5-2-1-3-6-9;7-4(5(10)11)2-1-3-9-6(8)12;;/h1-3,5-6H,4,7-8H2,(H,11,12);4H,1-3,7H2,(H,10,11)(H3,8,9,12);1H3;/q;;-1;. The smallest absolute Gasteiger partial charge is 0.411 e. The molecule has 0 bridgehead atoms. The Labute approximate surface area is 179 Å². The number of benzene rings is 1. The molecule has 145 valence electrons. The molecule has 8 nitrogen and oxygen atoms in total. The number of rotatable bonds is 9. The molecular weight excluding hydrogens is 415 g/mol. The first kappa shape index (κ1) is 29.4. The number of carboxylic acid groups (broad SMARTS) is 2. The maximum Gasteiger partial charge on any atom is 0.411 e. The number of urea groups is 1. The van der Waals surface area contributed by atoms with Gasteiger partial charge in [-0.2, -0.15) is 0 Å². The van der Waals surface area contributed by atoms with Crippen molar-refractivity contribution in [2.24, 2.45) is 0 Å². The van der Waals surface area contributed by atoms with E-state index in [4.69, 9.17) is 0 Å².